The second kappa shape index (κ2) is 10.6. The minimum Gasteiger partial charge on any atom is -0.493 e. The van der Waals surface area contributed by atoms with E-state index in [9.17, 15) is 4.79 Å². The van der Waals surface area contributed by atoms with Gasteiger partial charge in [-0.1, -0.05) is 12.1 Å². The van der Waals surface area contributed by atoms with Gasteiger partial charge in [0, 0.05) is 19.1 Å². The molecule has 0 bridgehead atoms. The lowest BCUT2D eigenvalue weighted by Crippen LogP contribution is -2.43. The van der Waals surface area contributed by atoms with Crippen LogP contribution in [0.2, 0.25) is 0 Å². The summed E-state index contributed by atoms with van der Waals surface area (Å²) in [5.41, 5.74) is 2.86. The van der Waals surface area contributed by atoms with Crippen LogP contribution in [-0.2, 0) is 6.54 Å². The van der Waals surface area contributed by atoms with E-state index < -0.39 is 0 Å². The topological polar surface area (TPSA) is 88.9 Å². The van der Waals surface area contributed by atoms with Gasteiger partial charge in [-0.3, -0.25) is 4.79 Å². The highest BCUT2D eigenvalue weighted by atomic mass is 16.5. The Bertz CT molecular complexity index is 1170. The first kappa shape index (κ1) is 23.5. The highest BCUT2D eigenvalue weighted by Crippen LogP contribution is 2.33. The van der Waals surface area contributed by atoms with E-state index in [2.05, 4.69) is 21.6 Å². The number of hydrogen-bond donors (Lipinski definition) is 2. The summed E-state index contributed by atoms with van der Waals surface area (Å²) < 4.78 is 17.6. The van der Waals surface area contributed by atoms with Crippen molar-refractivity contribution in [3.8, 4) is 11.5 Å². The average molecular weight is 479 g/mol. The monoisotopic (exact) mass is 478 g/mol. The molecule has 2 aromatic carbocycles. The third kappa shape index (κ3) is 5.37. The first-order valence-corrected chi connectivity index (χ1v) is 12.6. The molecule has 0 radical (unpaired) electrons. The molecule has 1 aliphatic heterocycles. The van der Waals surface area contributed by atoms with Gasteiger partial charge in [0.2, 0.25) is 0 Å². The number of ether oxygens (including phenoxy) is 2. The number of benzene rings is 2. The zero-order valence-electron chi connectivity index (χ0n) is 20.5. The molecule has 1 aliphatic carbocycles. The summed E-state index contributed by atoms with van der Waals surface area (Å²) in [6.07, 6.45) is 4.36. The van der Waals surface area contributed by atoms with Crippen LogP contribution in [-0.4, -0.2) is 50.3 Å². The lowest BCUT2D eigenvalue weighted by Gasteiger charge is -2.33. The van der Waals surface area contributed by atoms with Crippen molar-refractivity contribution in [2.45, 2.75) is 45.2 Å². The van der Waals surface area contributed by atoms with Gasteiger partial charge in [-0.25, -0.2) is 0 Å². The molecule has 0 unspecified atom stereocenters. The highest BCUT2D eigenvalue weighted by molar-refractivity contribution is 6.04. The van der Waals surface area contributed by atoms with Crippen LogP contribution in [0.1, 0.15) is 48.5 Å². The maximum atomic E-state index is 12.9. The van der Waals surface area contributed by atoms with E-state index in [1.807, 2.05) is 37.3 Å². The number of nitrogens with one attached hydrogen (secondary N) is 2. The zero-order chi connectivity index (χ0) is 24.2. The van der Waals surface area contributed by atoms with E-state index in [0.717, 1.165) is 43.8 Å². The number of fused-ring (bicyclic) bond motifs is 1. The smallest absolute Gasteiger partial charge is 0.298 e. The molecule has 1 saturated carbocycles. The van der Waals surface area contributed by atoms with E-state index in [1.54, 1.807) is 7.11 Å². The molecule has 186 valence electrons. The fraction of sp³-hybridized carbons (Fsp3) is 0.481. The van der Waals surface area contributed by atoms with Crippen LogP contribution in [0.5, 0.6) is 11.5 Å². The quantitative estimate of drug-likeness (QED) is 0.453. The summed E-state index contributed by atoms with van der Waals surface area (Å²) in [7, 11) is 1.65. The summed E-state index contributed by atoms with van der Waals surface area (Å²) in [6.45, 7) is 5.76. The third-order valence-electron chi connectivity index (χ3n) is 6.77. The zero-order valence-corrected chi connectivity index (χ0v) is 20.5. The number of para-hydroxylation sites is 1. The molecule has 1 aromatic heterocycles. The first-order chi connectivity index (χ1) is 17.2. The summed E-state index contributed by atoms with van der Waals surface area (Å²) >= 11 is 0. The molecule has 35 heavy (non-hydrogen) atoms. The summed E-state index contributed by atoms with van der Waals surface area (Å²) in [4.78, 5) is 19.9. The standard InChI is InChI=1S/C27H34N4O4/c1-3-34-24-15-19(9-10-23(24)33-2)17-31(20-11-13-28-14-12-20)27-30-22-6-4-5-21(25(22)35-27)26(32)29-16-18-7-8-18/h4-6,9-10,15,18,20,28H,3,7-8,11-14,16-17H2,1-2H3,(H,29,32). The predicted molar refractivity (Wildman–Crippen MR) is 135 cm³/mol. The number of methoxy groups -OCH3 is 1. The summed E-state index contributed by atoms with van der Waals surface area (Å²) in [5.74, 6) is 1.96. The van der Waals surface area contributed by atoms with Gasteiger partial charge >= 0.3 is 0 Å². The molecule has 2 heterocycles. The predicted octanol–water partition coefficient (Wildman–Crippen LogP) is 4.13. The summed E-state index contributed by atoms with van der Waals surface area (Å²) in [5, 5.41) is 6.49. The SMILES string of the molecule is CCOc1cc(CN(c2nc3cccc(C(=O)NCC4CC4)c3o2)C2CCNCC2)ccc1OC. The number of carbonyl (C=O) groups excluding carboxylic acids is 1. The number of anilines is 1. The second-order valence-corrected chi connectivity index (χ2v) is 9.33. The van der Waals surface area contributed by atoms with Gasteiger partial charge in [-0.2, -0.15) is 4.98 Å². The number of oxazole rings is 1. The fourth-order valence-corrected chi connectivity index (χ4v) is 4.65. The Kier molecular flexibility index (Phi) is 7.08. The molecule has 2 N–H and O–H groups in total. The van der Waals surface area contributed by atoms with Gasteiger partial charge in [-0.15, -0.1) is 0 Å². The largest absolute Gasteiger partial charge is 0.493 e. The Morgan fingerprint density at radius 1 is 1.17 bits per heavy atom. The van der Waals surface area contributed by atoms with Crippen LogP contribution >= 0.6 is 0 Å². The molecule has 2 aliphatic rings. The van der Waals surface area contributed by atoms with Crippen molar-refractivity contribution in [2.75, 3.05) is 38.3 Å². The molecule has 1 amide bonds. The van der Waals surface area contributed by atoms with E-state index in [1.165, 1.54) is 12.8 Å². The maximum Gasteiger partial charge on any atom is 0.298 e. The van der Waals surface area contributed by atoms with Crippen molar-refractivity contribution >= 4 is 23.0 Å². The van der Waals surface area contributed by atoms with Crippen LogP contribution in [0, 0.1) is 5.92 Å². The number of rotatable bonds is 10. The number of piperidine rings is 1. The van der Waals surface area contributed by atoms with Crippen molar-refractivity contribution in [3.63, 3.8) is 0 Å². The lowest BCUT2D eigenvalue weighted by atomic mass is 10.0. The average Bonchev–Trinajstić information content (AvgIpc) is 3.62. The van der Waals surface area contributed by atoms with Crippen LogP contribution in [0.3, 0.4) is 0 Å². The van der Waals surface area contributed by atoms with Gasteiger partial charge < -0.3 is 29.4 Å². The van der Waals surface area contributed by atoms with Gasteiger partial charge in [-0.05, 0) is 81.4 Å². The highest BCUT2D eigenvalue weighted by Gasteiger charge is 2.28. The molecular formula is C27H34N4O4. The molecule has 0 atom stereocenters. The summed E-state index contributed by atoms with van der Waals surface area (Å²) in [6, 6.07) is 12.4. The number of amides is 1. The molecule has 0 spiro atoms. The van der Waals surface area contributed by atoms with E-state index >= 15 is 0 Å². The Hall–Kier alpha value is -3.26. The number of aromatic nitrogens is 1. The van der Waals surface area contributed by atoms with Crippen molar-refractivity contribution in [1.29, 1.82) is 0 Å². The first-order valence-electron chi connectivity index (χ1n) is 12.6. The number of nitrogens with zero attached hydrogens (tertiary/aromatic N) is 2. The van der Waals surface area contributed by atoms with Crippen molar-refractivity contribution in [1.82, 2.24) is 15.6 Å². The molecule has 1 saturated heterocycles. The van der Waals surface area contributed by atoms with Gasteiger partial charge in [0.25, 0.3) is 11.9 Å². The minimum atomic E-state index is -0.102. The third-order valence-corrected chi connectivity index (χ3v) is 6.77. The van der Waals surface area contributed by atoms with Crippen LogP contribution in [0.15, 0.2) is 40.8 Å². The van der Waals surface area contributed by atoms with E-state index in [0.29, 0.717) is 47.5 Å². The van der Waals surface area contributed by atoms with Crippen LogP contribution in [0.25, 0.3) is 11.1 Å². The van der Waals surface area contributed by atoms with Crippen LogP contribution < -0.4 is 25.0 Å². The molecule has 2 fully saturated rings. The lowest BCUT2D eigenvalue weighted by molar-refractivity contribution is 0.0952. The molecular weight excluding hydrogens is 444 g/mol. The van der Waals surface area contributed by atoms with Crippen molar-refractivity contribution in [2.24, 2.45) is 5.92 Å². The minimum absolute atomic E-state index is 0.102. The molecule has 8 heteroatoms. The number of hydrogen-bond acceptors (Lipinski definition) is 7. The van der Waals surface area contributed by atoms with E-state index in [-0.39, 0.29) is 11.9 Å². The van der Waals surface area contributed by atoms with Gasteiger partial charge in [0.15, 0.2) is 17.1 Å². The van der Waals surface area contributed by atoms with Crippen molar-refractivity contribution in [3.05, 3.63) is 47.5 Å². The Morgan fingerprint density at radius 2 is 2.00 bits per heavy atom. The second-order valence-electron chi connectivity index (χ2n) is 9.33. The fourth-order valence-electron chi connectivity index (χ4n) is 4.65. The Morgan fingerprint density at radius 3 is 2.74 bits per heavy atom. The molecule has 5 rings (SSSR count). The van der Waals surface area contributed by atoms with Gasteiger partial charge in [0.1, 0.15) is 5.52 Å². The van der Waals surface area contributed by atoms with Crippen molar-refractivity contribution < 1.29 is 18.7 Å². The molecule has 8 nitrogen and oxygen atoms in total. The normalized spacial score (nSPS) is 16.3. The molecule has 3 aromatic rings. The van der Waals surface area contributed by atoms with E-state index in [4.69, 9.17) is 18.9 Å². The Labute approximate surface area is 206 Å². The Balaban J connectivity index is 1.46. The van der Waals surface area contributed by atoms with Gasteiger partial charge in [0.05, 0.1) is 19.3 Å². The number of carbonyl (C=O) groups is 1. The maximum absolute atomic E-state index is 12.9. The van der Waals surface area contributed by atoms with Crippen LogP contribution in [0.4, 0.5) is 6.01 Å².